The van der Waals surface area contributed by atoms with Gasteiger partial charge in [0, 0.05) is 24.6 Å². The average Bonchev–Trinajstić information content (AvgIpc) is 2.12. The molecule has 0 fully saturated rings. The van der Waals surface area contributed by atoms with Crippen LogP contribution in [0.1, 0.15) is 19.8 Å². The second-order valence-electron chi connectivity index (χ2n) is 4.27. The molecule has 106 valence electrons. The van der Waals surface area contributed by atoms with Crippen molar-refractivity contribution in [3.8, 4) is 0 Å². The first-order chi connectivity index (χ1) is 7.96. The number of hydrogen-bond acceptors (Lipinski definition) is 5. The summed E-state index contributed by atoms with van der Waals surface area (Å²) in [5.74, 6) is -0.328. The van der Waals surface area contributed by atoms with Crippen LogP contribution >= 0.6 is 0 Å². The van der Waals surface area contributed by atoms with E-state index in [1.165, 1.54) is 0 Å². The number of hydrogen-bond donors (Lipinski definition) is 1. The molecule has 0 aromatic carbocycles. The van der Waals surface area contributed by atoms with Gasteiger partial charge in [0.15, 0.2) is 24.3 Å². The zero-order chi connectivity index (χ0) is 14.6. The Bertz CT molecular complexity index is 486. The zero-order valence-corrected chi connectivity index (χ0v) is 12.4. The van der Waals surface area contributed by atoms with Crippen molar-refractivity contribution in [2.45, 2.75) is 24.3 Å². The van der Waals surface area contributed by atoms with Gasteiger partial charge in [-0.2, -0.15) is 0 Å². The van der Waals surface area contributed by atoms with Gasteiger partial charge in [-0.05, 0) is 19.8 Å². The van der Waals surface area contributed by atoms with Crippen molar-refractivity contribution in [3.63, 3.8) is 0 Å². The molecule has 18 heavy (non-hydrogen) atoms. The first-order valence-electron chi connectivity index (χ1n) is 5.27. The van der Waals surface area contributed by atoms with Gasteiger partial charge < -0.3 is 5.32 Å². The summed E-state index contributed by atoms with van der Waals surface area (Å²) in [5.41, 5.74) is 0.345. The molecule has 0 atom stereocenters. The fourth-order valence-electron chi connectivity index (χ4n) is 1.37. The standard InChI is InChI=1S/C10H19NO5S2/c1-8(2)10(12)11-7-5-6-9(17(3,13)14)18(4,15)16/h9H,1,5-7H2,2-4H3,(H,11,12). The molecule has 0 rings (SSSR count). The van der Waals surface area contributed by atoms with Gasteiger partial charge in [0.2, 0.25) is 5.91 Å². The summed E-state index contributed by atoms with van der Waals surface area (Å²) in [4.78, 5) is 11.1. The van der Waals surface area contributed by atoms with E-state index in [2.05, 4.69) is 11.9 Å². The van der Waals surface area contributed by atoms with Crippen LogP contribution in [0.5, 0.6) is 0 Å². The van der Waals surface area contributed by atoms with E-state index >= 15 is 0 Å². The Hall–Kier alpha value is -0.890. The molecule has 0 bridgehead atoms. The van der Waals surface area contributed by atoms with Crippen molar-refractivity contribution in [2.24, 2.45) is 0 Å². The highest BCUT2D eigenvalue weighted by Gasteiger charge is 2.30. The molecular formula is C10H19NO5S2. The molecule has 0 radical (unpaired) electrons. The van der Waals surface area contributed by atoms with Crippen molar-refractivity contribution in [1.29, 1.82) is 0 Å². The maximum absolute atomic E-state index is 11.3. The molecule has 0 heterocycles. The SMILES string of the molecule is C=C(C)C(=O)NCCCC(S(C)(=O)=O)S(C)(=O)=O. The Kier molecular flexibility index (Phi) is 6.01. The van der Waals surface area contributed by atoms with Crippen LogP contribution in [-0.4, -0.2) is 46.4 Å². The molecule has 0 unspecified atom stereocenters. The maximum atomic E-state index is 11.3. The summed E-state index contributed by atoms with van der Waals surface area (Å²) >= 11 is 0. The van der Waals surface area contributed by atoms with Crippen molar-refractivity contribution < 1.29 is 21.6 Å². The molecule has 1 N–H and O–H groups in total. The smallest absolute Gasteiger partial charge is 0.246 e. The minimum Gasteiger partial charge on any atom is -0.352 e. The van der Waals surface area contributed by atoms with Crippen molar-refractivity contribution >= 4 is 25.6 Å². The Morgan fingerprint density at radius 2 is 1.61 bits per heavy atom. The highest BCUT2D eigenvalue weighted by atomic mass is 32.3. The van der Waals surface area contributed by atoms with E-state index in [-0.39, 0.29) is 25.3 Å². The minimum atomic E-state index is -3.66. The number of amides is 1. The normalized spacial score (nSPS) is 12.4. The van der Waals surface area contributed by atoms with Crippen LogP contribution in [0.2, 0.25) is 0 Å². The third-order valence-electron chi connectivity index (χ3n) is 2.24. The van der Waals surface area contributed by atoms with Gasteiger partial charge in [-0.25, -0.2) is 16.8 Å². The van der Waals surface area contributed by atoms with E-state index in [1.807, 2.05) is 0 Å². The summed E-state index contributed by atoms with van der Waals surface area (Å²) in [6, 6.07) is 0. The molecule has 0 aliphatic carbocycles. The van der Waals surface area contributed by atoms with E-state index in [9.17, 15) is 21.6 Å². The highest BCUT2D eigenvalue weighted by molar-refractivity contribution is 8.08. The molecule has 0 saturated heterocycles. The molecule has 0 saturated carbocycles. The second kappa shape index (κ2) is 6.33. The van der Waals surface area contributed by atoms with E-state index in [0.29, 0.717) is 5.57 Å². The van der Waals surface area contributed by atoms with Gasteiger partial charge in [0.25, 0.3) is 0 Å². The third-order valence-corrected chi connectivity index (χ3v) is 6.72. The molecule has 8 heteroatoms. The lowest BCUT2D eigenvalue weighted by Crippen LogP contribution is -2.31. The lowest BCUT2D eigenvalue weighted by atomic mass is 10.3. The van der Waals surface area contributed by atoms with Gasteiger partial charge in [-0.1, -0.05) is 6.58 Å². The predicted octanol–water partition coefficient (Wildman–Crippen LogP) is -0.126. The lowest BCUT2D eigenvalue weighted by Gasteiger charge is -2.13. The molecule has 0 spiro atoms. The quantitative estimate of drug-likeness (QED) is 0.521. The van der Waals surface area contributed by atoms with Crippen LogP contribution in [0.3, 0.4) is 0 Å². The number of carbonyl (C=O) groups excluding carboxylic acids is 1. The van der Waals surface area contributed by atoms with Crippen molar-refractivity contribution in [2.75, 3.05) is 19.1 Å². The Balaban J connectivity index is 4.42. The number of carbonyl (C=O) groups is 1. The Morgan fingerprint density at radius 1 is 1.17 bits per heavy atom. The van der Waals surface area contributed by atoms with Gasteiger partial charge in [-0.3, -0.25) is 4.79 Å². The third kappa shape index (κ3) is 6.15. The van der Waals surface area contributed by atoms with E-state index in [0.717, 1.165) is 12.5 Å². The van der Waals surface area contributed by atoms with Crippen molar-refractivity contribution in [3.05, 3.63) is 12.2 Å². The molecule has 0 aromatic heterocycles. The molecule has 1 amide bonds. The largest absolute Gasteiger partial charge is 0.352 e. The molecule has 0 aromatic rings. The van der Waals surface area contributed by atoms with Crippen LogP contribution in [-0.2, 0) is 24.5 Å². The fraction of sp³-hybridized carbons (Fsp3) is 0.700. The Labute approximate surface area is 108 Å². The molecule has 0 aliphatic rings. The van der Waals surface area contributed by atoms with Gasteiger partial charge in [0.1, 0.15) is 0 Å². The maximum Gasteiger partial charge on any atom is 0.246 e. The average molecular weight is 297 g/mol. The molecule has 6 nitrogen and oxygen atoms in total. The van der Waals surface area contributed by atoms with E-state index < -0.39 is 24.3 Å². The molecule has 0 aliphatic heterocycles. The number of rotatable bonds is 7. The second-order valence-corrected chi connectivity index (χ2v) is 9.02. The van der Waals surface area contributed by atoms with Crippen LogP contribution < -0.4 is 5.32 Å². The first-order valence-corrected chi connectivity index (χ1v) is 9.18. The lowest BCUT2D eigenvalue weighted by molar-refractivity contribution is -0.117. The number of sulfone groups is 2. The van der Waals surface area contributed by atoms with E-state index in [4.69, 9.17) is 0 Å². The predicted molar refractivity (Wildman–Crippen MR) is 70.5 cm³/mol. The fourth-order valence-corrected chi connectivity index (χ4v) is 5.10. The van der Waals surface area contributed by atoms with Crippen LogP contribution in [0.4, 0.5) is 0 Å². The Morgan fingerprint density at radius 3 is 1.94 bits per heavy atom. The molecular weight excluding hydrogens is 278 g/mol. The van der Waals surface area contributed by atoms with Crippen LogP contribution in [0, 0.1) is 0 Å². The summed E-state index contributed by atoms with van der Waals surface area (Å²) in [6.07, 6.45) is 2.02. The minimum absolute atomic E-state index is 0.0336. The summed E-state index contributed by atoms with van der Waals surface area (Å²) in [7, 11) is -7.32. The first kappa shape index (κ1) is 17.1. The van der Waals surface area contributed by atoms with Crippen LogP contribution in [0.25, 0.3) is 0 Å². The summed E-state index contributed by atoms with van der Waals surface area (Å²) < 4.78 is 43.9. The monoisotopic (exact) mass is 297 g/mol. The highest BCUT2D eigenvalue weighted by Crippen LogP contribution is 2.13. The van der Waals surface area contributed by atoms with Gasteiger partial charge in [-0.15, -0.1) is 0 Å². The van der Waals surface area contributed by atoms with Crippen LogP contribution in [0.15, 0.2) is 12.2 Å². The number of nitrogens with one attached hydrogen (secondary N) is 1. The summed E-state index contributed by atoms with van der Waals surface area (Å²) in [5, 5.41) is 2.51. The van der Waals surface area contributed by atoms with Gasteiger partial charge in [0.05, 0.1) is 0 Å². The zero-order valence-electron chi connectivity index (χ0n) is 10.8. The summed E-state index contributed by atoms with van der Waals surface area (Å²) in [6.45, 7) is 5.21. The van der Waals surface area contributed by atoms with Gasteiger partial charge >= 0.3 is 0 Å². The van der Waals surface area contributed by atoms with Crippen molar-refractivity contribution in [1.82, 2.24) is 5.32 Å². The van der Waals surface area contributed by atoms with E-state index in [1.54, 1.807) is 6.92 Å². The topological polar surface area (TPSA) is 97.4 Å².